The summed E-state index contributed by atoms with van der Waals surface area (Å²) in [5.74, 6) is -2.34. The summed E-state index contributed by atoms with van der Waals surface area (Å²) in [5.41, 5.74) is 2.02. The van der Waals surface area contributed by atoms with Gasteiger partial charge in [-0.2, -0.15) is 5.10 Å². The highest BCUT2D eigenvalue weighted by Crippen LogP contribution is 2.28. The fourth-order valence-electron chi connectivity index (χ4n) is 2.60. The molecule has 2 N–H and O–H groups in total. The summed E-state index contributed by atoms with van der Waals surface area (Å²) in [6.07, 6.45) is -2.55. The van der Waals surface area contributed by atoms with E-state index in [1.807, 2.05) is 0 Å². The van der Waals surface area contributed by atoms with Crippen LogP contribution < -0.4 is 4.90 Å². The molecular formula is C15H17F2N3O4. The zero-order valence-corrected chi connectivity index (χ0v) is 13.2. The number of nitrogens with zero attached hydrogens (tertiary/aromatic N) is 3. The molecule has 1 heterocycles. The van der Waals surface area contributed by atoms with E-state index in [-0.39, 0.29) is 0 Å². The highest BCUT2D eigenvalue weighted by atomic mass is 19.3. The first-order valence-electron chi connectivity index (χ1n) is 7.13. The van der Waals surface area contributed by atoms with E-state index in [2.05, 4.69) is 5.10 Å². The first-order chi connectivity index (χ1) is 11.2. The number of halogens is 2. The number of aryl methyl sites for hydroxylation is 2. The van der Waals surface area contributed by atoms with Gasteiger partial charge in [0.05, 0.1) is 5.52 Å². The van der Waals surface area contributed by atoms with Crippen LogP contribution in [0.5, 0.6) is 0 Å². The minimum absolute atomic E-state index is 0.397. The number of anilines is 1. The average molecular weight is 341 g/mol. The van der Waals surface area contributed by atoms with Gasteiger partial charge in [0.1, 0.15) is 19.6 Å². The van der Waals surface area contributed by atoms with Crippen molar-refractivity contribution in [3.8, 4) is 0 Å². The molecule has 1 aromatic carbocycles. The minimum Gasteiger partial charge on any atom is -0.480 e. The normalized spacial score (nSPS) is 11.2. The number of hydrogen-bond acceptors (Lipinski definition) is 4. The Kier molecular flexibility index (Phi) is 5.01. The lowest BCUT2D eigenvalue weighted by Gasteiger charge is -2.22. The zero-order valence-electron chi connectivity index (χ0n) is 13.2. The van der Waals surface area contributed by atoms with E-state index < -0.39 is 38.0 Å². The van der Waals surface area contributed by atoms with Gasteiger partial charge in [-0.15, -0.1) is 0 Å². The van der Waals surface area contributed by atoms with E-state index in [0.717, 1.165) is 0 Å². The Morgan fingerprint density at radius 1 is 1.21 bits per heavy atom. The highest BCUT2D eigenvalue weighted by Gasteiger charge is 2.19. The number of fused-ring (bicyclic) bond motifs is 1. The third kappa shape index (κ3) is 3.79. The molecule has 0 bridgehead atoms. The topological polar surface area (TPSA) is 95.7 Å². The number of rotatable bonds is 7. The number of benzene rings is 1. The quantitative estimate of drug-likeness (QED) is 0.798. The van der Waals surface area contributed by atoms with Crippen molar-refractivity contribution in [3.63, 3.8) is 0 Å². The molecule has 2 aromatic rings. The molecule has 1 aromatic heterocycles. The van der Waals surface area contributed by atoms with Crippen molar-refractivity contribution in [3.05, 3.63) is 23.4 Å². The summed E-state index contributed by atoms with van der Waals surface area (Å²) >= 11 is 0. The lowest BCUT2D eigenvalue weighted by molar-refractivity contribution is -0.136. The molecule has 0 aliphatic carbocycles. The van der Waals surface area contributed by atoms with Crippen LogP contribution in [-0.2, 0) is 16.1 Å². The Bertz CT molecular complexity index is 773. The van der Waals surface area contributed by atoms with Gasteiger partial charge in [0, 0.05) is 16.8 Å². The molecule has 0 atom stereocenters. The van der Waals surface area contributed by atoms with Crippen LogP contribution in [0.4, 0.5) is 14.5 Å². The third-order valence-electron chi connectivity index (χ3n) is 3.62. The van der Waals surface area contributed by atoms with Crippen LogP contribution >= 0.6 is 0 Å². The predicted octanol–water partition coefficient (Wildman–Crippen LogP) is 1.89. The summed E-state index contributed by atoms with van der Waals surface area (Å²) in [6.45, 7) is 1.85. The van der Waals surface area contributed by atoms with E-state index in [1.54, 1.807) is 19.9 Å². The molecule has 24 heavy (non-hydrogen) atoms. The fraction of sp³-hybridized carbons (Fsp3) is 0.400. The first-order valence-corrected chi connectivity index (χ1v) is 7.13. The van der Waals surface area contributed by atoms with Crippen molar-refractivity contribution in [1.29, 1.82) is 0 Å². The van der Waals surface area contributed by atoms with Crippen LogP contribution in [0, 0.1) is 13.8 Å². The molecule has 0 saturated heterocycles. The molecule has 0 aliphatic rings. The summed E-state index contributed by atoms with van der Waals surface area (Å²) in [7, 11) is 0. The standard InChI is InChI=1S/C15H17F2N3O4/c1-8-3-10-9(2)20(5-13(16)17)18-11(10)4-12(8)19(6-14(21)22)7-15(23)24/h3-4,13H,5-7H2,1-2H3,(H,21,22)(H,23,24). The van der Waals surface area contributed by atoms with Crippen molar-refractivity contribution < 1.29 is 28.6 Å². The van der Waals surface area contributed by atoms with Gasteiger partial charge < -0.3 is 15.1 Å². The Balaban J connectivity index is 2.51. The number of aromatic nitrogens is 2. The number of aliphatic carboxylic acids is 2. The van der Waals surface area contributed by atoms with Crippen molar-refractivity contribution in [2.45, 2.75) is 26.8 Å². The van der Waals surface area contributed by atoms with Gasteiger partial charge in [-0.05, 0) is 31.5 Å². The van der Waals surface area contributed by atoms with Crippen molar-refractivity contribution in [2.75, 3.05) is 18.0 Å². The molecule has 7 nitrogen and oxygen atoms in total. The van der Waals surface area contributed by atoms with Crippen molar-refractivity contribution in [1.82, 2.24) is 9.78 Å². The van der Waals surface area contributed by atoms with Crippen LogP contribution in [-0.4, -0.2) is 51.4 Å². The van der Waals surface area contributed by atoms with Gasteiger partial charge in [0.2, 0.25) is 0 Å². The number of hydrogen-bond donors (Lipinski definition) is 2. The summed E-state index contributed by atoms with van der Waals surface area (Å²) in [4.78, 5) is 23.2. The Morgan fingerprint density at radius 3 is 2.29 bits per heavy atom. The van der Waals surface area contributed by atoms with E-state index in [0.29, 0.717) is 27.8 Å². The smallest absolute Gasteiger partial charge is 0.323 e. The maximum atomic E-state index is 12.6. The van der Waals surface area contributed by atoms with Gasteiger partial charge in [-0.1, -0.05) is 0 Å². The molecular weight excluding hydrogens is 324 g/mol. The molecule has 0 unspecified atom stereocenters. The Morgan fingerprint density at radius 2 is 1.79 bits per heavy atom. The van der Waals surface area contributed by atoms with Gasteiger partial charge in [-0.3, -0.25) is 14.3 Å². The maximum absolute atomic E-state index is 12.6. The molecule has 0 radical (unpaired) electrons. The number of carboxylic acids is 2. The molecule has 130 valence electrons. The second kappa shape index (κ2) is 6.81. The second-order valence-corrected chi connectivity index (χ2v) is 5.46. The summed E-state index contributed by atoms with van der Waals surface area (Å²) in [5, 5.41) is 22.7. The summed E-state index contributed by atoms with van der Waals surface area (Å²) in [6, 6.07) is 3.23. The van der Waals surface area contributed by atoms with Gasteiger partial charge in [-0.25, -0.2) is 8.78 Å². The summed E-state index contributed by atoms with van der Waals surface area (Å²) < 4.78 is 26.4. The largest absolute Gasteiger partial charge is 0.480 e. The highest BCUT2D eigenvalue weighted by molar-refractivity contribution is 5.88. The Hall–Kier alpha value is -2.71. The molecule has 0 fully saturated rings. The van der Waals surface area contributed by atoms with E-state index in [4.69, 9.17) is 10.2 Å². The minimum atomic E-state index is -2.55. The molecule has 0 amide bonds. The number of carboxylic acid groups (broad SMARTS) is 2. The predicted molar refractivity (Wildman–Crippen MR) is 82.7 cm³/mol. The third-order valence-corrected chi connectivity index (χ3v) is 3.62. The van der Waals surface area contributed by atoms with Crippen LogP contribution in [0.15, 0.2) is 12.1 Å². The fourth-order valence-corrected chi connectivity index (χ4v) is 2.60. The lowest BCUT2D eigenvalue weighted by atomic mass is 10.1. The first kappa shape index (κ1) is 17.6. The van der Waals surface area contributed by atoms with Gasteiger partial charge in [0.25, 0.3) is 6.43 Å². The number of alkyl halides is 2. The molecule has 2 rings (SSSR count). The second-order valence-electron chi connectivity index (χ2n) is 5.46. The van der Waals surface area contributed by atoms with E-state index in [1.165, 1.54) is 15.6 Å². The lowest BCUT2D eigenvalue weighted by Crippen LogP contribution is -2.34. The van der Waals surface area contributed by atoms with Crippen LogP contribution in [0.3, 0.4) is 0 Å². The zero-order chi connectivity index (χ0) is 18.0. The van der Waals surface area contributed by atoms with Crippen LogP contribution in [0.1, 0.15) is 11.3 Å². The maximum Gasteiger partial charge on any atom is 0.323 e. The van der Waals surface area contributed by atoms with Gasteiger partial charge >= 0.3 is 11.9 Å². The average Bonchev–Trinajstić information content (AvgIpc) is 2.72. The monoisotopic (exact) mass is 341 g/mol. The Labute approximate surface area is 136 Å². The molecule has 9 heteroatoms. The van der Waals surface area contributed by atoms with Crippen molar-refractivity contribution >= 4 is 28.5 Å². The van der Waals surface area contributed by atoms with E-state index >= 15 is 0 Å². The van der Waals surface area contributed by atoms with Crippen molar-refractivity contribution in [2.24, 2.45) is 0 Å². The van der Waals surface area contributed by atoms with Crippen LogP contribution in [0.2, 0.25) is 0 Å². The molecule has 0 spiro atoms. The molecule has 0 aliphatic heterocycles. The van der Waals surface area contributed by atoms with Crippen LogP contribution in [0.25, 0.3) is 10.9 Å². The SMILES string of the molecule is Cc1cc2c(C)n(CC(F)F)nc2cc1N(CC(=O)O)CC(=O)O. The van der Waals surface area contributed by atoms with E-state index in [9.17, 15) is 18.4 Å². The molecule has 0 saturated carbocycles. The van der Waals surface area contributed by atoms with Gasteiger partial charge in [0.15, 0.2) is 0 Å². The number of carbonyl (C=O) groups is 2.